The summed E-state index contributed by atoms with van der Waals surface area (Å²) in [6.07, 6.45) is 7.60. The van der Waals surface area contributed by atoms with Gasteiger partial charge in [-0.25, -0.2) is 0 Å². The summed E-state index contributed by atoms with van der Waals surface area (Å²) in [5.74, 6) is 0.938. The Morgan fingerprint density at radius 1 is 1.28 bits per heavy atom. The van der Waals surface area contributed by atoms with E-state index in [0.29, 0.717) is 15.7 Å². The van der Waals surface area contributed by atoms with Crippen LogP contribution in [0.4, 0.5) is 5.00 Å². The van der Waals surface area contributed by atoms with Crippen molar-refractivity contribution in [3.8, 4) is 17.5 Å². The fraction of sp³-hybridized carbons (Fsp3) is 0.478. The van der Waals surface area contributed by atoms with Gasteiger partial charge in [0.05, 0.1) is 11.3 Å². The number of aryl methyl sites for hydroxylation is 2. The Morgan fingerprint density at radius 3 is 2.81 bits per heavy atom. The molecule has 6 nitrogen and oxygen atoms in total. The Labute approximate surface area is 201 Å². The van der Waals surface area contributed by atoms with Crippen LogP contribution in [0.25, 0.3) is 11.4 Å². The molecule has 0 unspecified atom stereocenters. The number of carbonyl (C=O) groups is 1. The van der Waals surface area contributed by atoms with Crippen LogP contribution in [0.5, 0.6) is 0 Å². The molecule has 32 heavy (non-hydrogen) atoms. The SMILES string of the molecule is CCc1c(-c2nnc(SCC(=O)Nc3sc4c(c3C#N)CCCCCC4)n2C)csc1C. The molecule has 1 aliphatic carbocycles. The second kappa shape index (κ2) is 10.2. The average molecular weight is 486 g/mol. The number of anilines is 1. The van der Waals surface area contributed by atoms with E-state index >= 15 is 0 Å². The number of aromatic nitrogens is 3. The van der Waals surface area contributed by atoms with Crippen molar-refractivity contribution in [3.63, 3.8) is 0 Å². The zero-order valence-corrected chi connectivity index (χ0v) is 21.1. The Morgan fingerprint density at radius 2 is 2.06 bits per heavy atom. The largest absolute Gasteiger partial charge is 0.316 e. The highest BCUT2D eigenvalue weighted by atomic mass is 32.2. The van der Waals surface area contributed by atoms with Gasteiger partial charge in [0.1, 0.15) is 11.1 Å². The van der Waals surface area contributed by atoms with E-state index in [1.54, 1.807) is 22.7 Å². The first-order chi connectivity index (χ1) is 15.5. The van der Waals surface area contributed by atoms with E-state index < -0.39 is 0 Å². The molecule has 0 fully saturated rings. The van der Waals surface area contributed by atoms with Gasteiger partial charge in [0.15, 0.2) is 11.0 Å². The summed E-state index contributed by atoms with van der Waals surface area (Å²) in [5.41, 5.74) is 4.23. The van der Waals surface area contributed by atoms with Crippen molar-refractivity contribution in [2.75, 3.05) is 11.1 Å². The maximum Gasteiger partial charge on any atom is 0.235 e. The molecule has 3 aromatic rings. The van der Waals surface area contributed by atoms with Crippen molar-refractivity contribution in [2.24, 2.45) is 7.05 Å². The van der Waals surface area contributed by atoms with Gasteiger partial charge in [0.25, 0.3) is 0 Å². The van der Waals surface area contributed by atoms with Gasteiger partial charge in [-0.3, -0.25) is 4.79 Å². The number of nitrogens with one attached hydrogen (secondary N) is 1. The van der Waals surface area contributed by atoms with Crippen LogP contribution in [0.2, 0.25) is 0 Å². The molecule has 1 amide bonds. The highest BCUT2D eigenvalue weighted by Gasteiger charge is 2.21. The summed E-state index contributed by atoms with van der Waals surface area (Å²) < 4.78 is 1.95. The van der Waals surface area contributed by atoms with Crippen LogP contribution < -0.4 is 5.32 Å². The van der Waals surface area contributed by atoms with E-state index in [4.69, 9.17) is 0 Å². The summed E-state index contributed by atoms with van der Waals surface area (Å²) in [7, 11) is 1.94. The van der Waals surface area contributed by atoms with E-state index in [-0.39, 0.29) is 11.7 Å². The number of thioether (sulfide) groups is 1. The molecule has 1 aliphatic rings. The number of rotatable bonds is 6. The lowest BCUT2D eigenvalue weighted by Gasteiger charge is -2.08. The predicted molar refractivity (Wildman–Crippen MR) is 133 cm³/mol. The van der Waals surface area contributed by atoms with Crippen LogP contribution in [-0.4, -0.2) is 26.4 Å². The van der Waals surface area contributed by atoms with Crippen LogP contribution >= 0.6 is 34.4 Å². The van der Waals surface area contributed by atoms with Gasteiger partial charge in [-0.05, 0) is 50.2 Å². The summed E-state index contributed by atoms with van der Waals surface area (Å²) in [6, 6.07) is 2.34. The molecule has 168 valence electrons. The fourth-order valence-corrected chi connectivity index (χ4v) is 7.11. The molecular formula is C23H27N5OS3. The number of nitriles is 1. The molecule has 1 N–H and O–H groups in total. The second-order valence-electron chi connectivity index (χ2n) is 7.97. The van der Waals surface area contributed by atoms with Crippen LogP contribution in [0.1, 0.15) is 59.1 Å². The van der Waals surface area contributed by atoms with Crippen molar-refractivity contribution in [1.29, 1.82) is 5.26 Å². The van der Waals surface area contributed by atoms with E-state index in [1.165, 1.54) is 39.9 Å². The molecule has 0 saturated heterocycles. The van der Waals surface area contributed by atoms with Crippen molar-refractivity contribution < 1.29 is 4.79 Å². The van der Waals surface area contributed by atoms with E-state index in [1.807, 2.05) is 11.6 Å². The molecule has 0 spiro atoms. The zero-order chi connectivity index (χ0) is 22.7. The van der Waals surface area contributed by atoms with Gasteiger partial charge in [0.2, 0.25) is 5.91 Å². The van der Waals surface area contributed by atoms with Crippen molar-refractivity contribution >= 4 is 45.3 Å². The minimum atomic E-state index is -0.120. The molecule has 0 atom stereocenters. The minimum Gasteiger partial charge on any atom is -0.316 e. The Balaban J connectivity index is 1.45. The normalized spacial score (nSPS) is 13.8. The molecule has 0 aromatic carbocycles. The molecule has 4 rings (SSSR count). The van der Waals surface area contributed by atoms with Crippen LogP contribution in [0.15, 0.2) is 10.5 Å². The molecule has 3 heterocycles. The first-order valence-electron chi connectivity index (χ1n) is 11.0. The first kappa shape index (κ1) is 23.0. The Kier molecular flexibility index (Phi) is 7.33. The number of hydrogen-bond donors (Lipinski definition) is 1. The number of carbonyl (C=O) groups excluding carboxylic acids is 1. The lowest BCUT2D eigenvalue weighted by Crippen LogP contribution is -2.14. The fourth-order valence-electron chi connectivity index (χ4n) is 4.20. The lowest BCUT2D eigenvalue weighted by atomic mass is 9.97. The number of amides is 1. The van der Waals surface area contributed by atoms with E-state index in [9.17, 15) is 10.1 Å². The van der Waals surface area contributed by atoms with E-state index in [0.717, 1.165) is 49.1 Å². The molecule has 3 aromatic heterocycles. The molecule has 0 bridgehead atoms. The zero-order valence-electron chi connectivity index (χ0n) is 18.7. The second-order valence-corrected chi connectivity index (χ2v) is 11.1. The molecule has 0 aliphatic heterocycles. The number of nitrogens with zero attached hydrogens (tertiary/aromatic N) is 4. The van der Waals surface area contributed by atoms with Gasteiger partial charge in [0, 0.05) is 27.7 Å². The lowest BCUT2D eigenvalue weighted by molar-refractivity contribution is -0.113. The smallest absolute Gasteiger partial charge is 0.235 e. The van der Waals surface area contributed by atoms with Gasteiger partial charge >= 0.3 is 0 Å². The highest BCUT2D eigenvalue weighted by Crippen LogP contribution is 2.37. The van der Waals surface area contributed by atoms with Crippen molar-refractivity contribution in [1.82, 2.24) is 14.8 Å². The third kappa shape index (κ3) is 4.63. The molecular weight excluding hydrogens is 458 g/mol. The number of thiophene rings is 2. The van der Waals surface area contributed by atoms with Gasteiger partial charge in [-0.15, -0.1) is 32.9 Å². The van der Waals surface area contributed by atoms with Gasteiger partial charge < -0.3 is 9.88 Å². The summed E-state index contributed by atoms with van der Waals surface area (Å²) >= 11 is 4.67. The van der Waals surface area contributed by atoms with Crippen LogP contribution in [-0.2, 0) is 31.1 Å². The maximum atomic E-state index is 12.7. The quantitative estimate of drug-likeness (QED) is 0.450. The number of fused-ring (bicyclic) bond motifs is 1. The van der Waals surface area contributed by atoms with E-state index in [2.05, 4.69) is 40.8 Å². The third-order valence-electron chi connectivity index (χ3n) is 5.90. The van der Waals surface area contributed by atoms with Crippen LogP contribution in [0, 0.1) is 18.3 Å². The third-order valence-corrected chi connectivity index (χ3v) is 9.08. The Hall–Kier alpha value is -2.15. The average Bonchev–Trinajstić information content (AvgIpc) is 3.41. The summed E-state index contributed by atoms with van der Waals surface area (Å²) in [4.78, 5) is 15.3. The van der Waals surface area contributed by atoms with Crippen molar-refractivity contribution in [3.05, 3.63) is 31.8 Å². The minimum absolute atomic E-state index is 0.120. The Bertz CT molecular complexity index is 1170. The standard InChI is InChI=1S/C23H27N5OS3/c1-4-15-14(2)30-12-18(15)21-26-27-23(28(21)3)31-13-20(29)25-22-17(11-24)16-9-7-5-6-8-10-19(16)32-22/h12H,4-10,13H2,1-3H3,(H,25,29). The molecule has 9 heteroatoms. The predicted octanol–water partition coefficient (Wildman–Crippen LogP) is 5.74. The highest BCUT2D eigenvalue weighted by molar-refractivity contribution is 7.99. The molecule has 0 radical (unpaired) electrons. The topological polar surface area (TPSA) is 83.6 Å². The number of hydrogen-bond acceptors (Lipinski definition) is 7. The molecule has 0 saturated carbocycles. The maximum absolute atomic E-state index is 12.7. The van der Waals surface area contributed by atoms with Crippen LogP contribution in [0.3, 0.4) is 0 Å². The summed E-state index contributed by atoms with van der Waals surface area (Å²) in [5, 5.41) is 24.9. The van der Waals surface area contributed by atoms with Gasteiger partial charge in [-0.2, -0.15) is 5.26 Å². The first-order valence-corrected chi connectivity index (χ1v) is 13.7. The van der Waals surface area contributed by atoms with Crippen molar-refractivity contribution in [2.45, 2.75) is 63.9 Å². The summed E-state index contributed by atoms with van der Waals surface area (Å²) in [6.45, 7) is 4.28. The monoisotopic (exact) mass is 485 g/mol. The van der Waals surface area contributed by atoms with Gasteiger partial charge in [-0.1, -0.05) is 31.5 Å².